The van der Waals surface area contributed by atoms with E-state index in [1.807, 2.05) is 12.2 Å². The molecule has 0 amide bonds. The highest BCUT2D eigenvalue weighted by Gasteiger charge is 2.66. The number of Topliss-reactive ketones (excluding diaryl/α,β-unsaturated/α-hetero) is 2. The highest BCUT2D eigenvalue weighted by Crippen LogP contribution is 2.70. The molecule has 6 fully saturated rings. The van der Waals surface area contributed by atoms with Gasteiger partial charge in [0.2, 0.25) is 12.9 Å². The Bertz CT molecular complexity index is 1390. The van der Waals surface area contributed by atoms with Gasteiger partial charge in [-0.2, -0.15) is 0 Å². The van der Waals surface area contributed by atoms with E-state index in [4.69, 9.17) is 0 Å². The molecule has 0 N–H and O–H groups in total. The highest BCUT2D eigenvalue weighted by atomic mass is 19.3. The second kappa shape index (κ2) is 12.8. The smallest absolute Gasteiger partial charge is 0.245 e. The van der Waals surface area contributed by atoms with Crippen molar-refractivity contribution >= 4 is 23.1 Å². The molecule has 0 radical (unpaired) electrons. The molecule has 276 valence electrons. The maximum atomic E-state index is 14.3. The summed E-state index contributed by atoms with van der Waals surface area (Å²) in [5, 5.41) is 0. The molecule has 0 saturated heterocycles. The third-order valence-electron chi connectivity index (χ3n) is 16.9. The minimum atomic E-state index is -2.41. The number of hydrogen-bond acceptors (Lipinski definition) is 4. The van der Waals surface area contributed by atoms with Gasteiger partial charge >= 0.3 is 0 Å². The number of fused-ring (bicyclic) bond motifs is 10. The Morgan fingerprint density at radius 1 is 0.560 bits per heavy atom. The van der Waals surface area contributed by atoms with Crippen LogP contribution in [0.2, 0.25) is 0 Å². The molecule has 50 heavy (non-hydrogen) atoms. The Labute approximate surface area is 295 Å². The van der Waals surface area contributed by atoms with Crippen molar-refractivity contribution in [3.8, 4) is 0 Å². The van der Waals surface area contributed by atoms with E-state index in [1.165, 1.54) is 25.0 Å². The molecular formula is C42H56F4O4. The van der Waals surface area contributed by atoms with E-state index in [0.29, 0.717) is 50.4 Å². The third-order valence-corrected chi connectivity index (χ3v) is 16.9. The van der Waals surface area contributed by atoms with Crippen LogP contribution in [0.4, 0.5) is 17.6 Å². The summed E-state index contributed by atoms with van der Waals surface area (Å²) in [5.41, 5.74) is 0.342. The summed E-state index contributed by atoms with van der Waals surface area (Å²) in [4.78, 5) is 47.9. The first-order valence-corrected chi connectivity index (χ1v) is 19.7. The molecule has 4 nitrogen and oxygen atoms in total. The Morgan fingerprint density at radius 2 is 0.940 bits per heavy atom. The fraction of sp³-hybridized carbons (Fsp3) is 0.810. The van der Waals surface area contributed by atoms with Gasteiger partial charge in [0, 0.05) is 35.5 Å². The van der Waals surface area contributed by atoms with Crippen molar-refractivity contribution < 1.29 is 36.7 Å². The minimum absolute atomic E-state index is 0.000576. The summed E-state index contributed by atoms with van der Waals surface area (Å²) < 4.78 is 57.2. The van der Waals surface area contributed by atoms with Crippen molar-refractivity contribution in [3.05, 3.63) is 23.3 Å². The predicted octanol–water partition coefficient (Wildman–Crippen LogP) is 9.94. The molecule has 6 saturated carbocycles. The van der Waals surface area contributed by atoms with Crippen LogP contribution in [-0.4, -0.2) is 36.0 Å². The summed E-state index contributed by atoms with van der Waals surface area (Å²) in [7, 11) is 0. The Kier molecular flexibility index (Phi) is 9.26. The van der Waals surface area contributed by atoms with Crippen LogP contribution < -0.4 is 0 Å². The standard InChI is InChI=1S/2C21H28F2O2/c2*1-12(24)16-5-6-18-15-4-3-13-11-14(25)7-9-20(13,2)17(15)8-10-21(16,18)19(22)23/h2*11,15-19H,3-10H2,1-2H3/t2*15-,16-,17+,18+,20+,21+/m11/s1. The van der Waals surface area contributed by atoms with Crippen LogP contribution >= 0.6 is 0 Å². The van der Waals surface area contributed by atoms with Crippen LogP contribution in [-0.2, 0) is 19.2 Å². The zero-order valence-corrected chi connectivity index (χ0v) is 30.4. The quantitative estimate of drug-likeness (QED) is 0.274. The zero-order valence-electron chi connectivity index (χ0n) is 30.4. The highest BCUT2D eigenvalue weighted by molar-refractivity contribution is 5.92. The second-order valence-corrected chi connectivity index (χ2v) is 18.3. The van der Waals surface area contributed by atoms with Crippen LogP contribution in [0.3, 0.4) is 0 Å². The van der Waals surface area contributed by atoms with Gasteiger partial charge in [0.25, 0.3) is 0 Å². The normalized spacial score (nSPS) is 46.3. The summed E-state index contributed by atoms with van der Waals surface area (Å²) in [6, 6.07) is 0. The Hall–Kier alpha value is -2.12. The number of carbonyl (C=O) groups excluding carboxylic acids is 4. The molecule has 0 aliphatic heterocycles. The van der Waals surface area contributed by atoms with Crippen LogP contribution in [0, 0.1) is 69.0 Å². The molecule has 0 unspecified atom stereocenters. The first-order valence-electron chi connectivity index (χ1n) is 19.7. The number of ketones is 4. The monoisotopic (exact) mass is 700 g/mol. The molecule has 8 aliphatic rings. The topological polar surface area (TPSA) is 68.3 Å². The first-order chi connectivity index (χ1) is 23.6. The van der Waals surface area contributed by atoms with Crippen molar-refractivity contribution in [3.63, 3.8) is 0 Å². The molecular weight excluding hydrogens is 644 g/mol. The van der Waals surface area contributed by atoms with Crippen molar-refractivity contribution in [1.29, 1.82) is 0 Å². The Morgan fingerprint density at radius 3 is 1.28 bits per heavy atom. The molecule has 8 rings (SSSR count). The predicted molar refractivity (Wildman–Crippen MR) is 182 cm³/mol. The van der Waals surface area contributed by atoms with Gasteiger partial charge in [-0.1, -0.05) is 25.0 Å². The van der Waals surface area contributed by atoms with Crippen molar-refractivity contribution in [2.75, 3.05) is 0 Å². The van der Waals surface area contributed by atoms with E-state index >= 15 is 0 Å². The molecule has 8 aliphatic carbocycles. The van der Waals surface area contributed by atoms with Gasteiger partial charge in [0.1, 0.15) is 11.6 Å². The number of hydrogen-bond donors (Lipinski definition) is 0. The molecule has 0 bridgehead atoms. The first kappa shape index (κ1) is 36.2. The lowest BCUT2D eigenvalue weighted by atomic mass is 9.46. The molecule has 0 heterocycles. The summed E-state index contributed by atoms with van der Waals surface area (Å²) in [6.45, 7) is 7.52. The summed E-state index contributed by atoms with van der Waals surface area (Å²) in [5.74, 6) is 0.706. The van der Waals surface area contributed by atoms with Crippen molar-refractivity contribution in [1.82, 2.24) is 0 Å². The lowest BCUT2D eigenvalue weighted by molar-refractivity contribution is -0.153. The van der Waals surface area contributed by atoms with Gasteiger partial charge in [0.15, 0.2) is 11.6 Å². The van der Waals surface area contributed by atoms with E-state index in [-0.39, 0.29) is 57.6 Å². The molecule has 0 aromatic carbocycles. The molecule has 0 aromatic rings. The number of rotatable bonds is 4. The van der Waals surface area contributed by atoms with Crippen LogP contribution in [0.1, 0.15) is 130 Å². The van der Waals surface area contributed by atoms with Gasteiger partial charge in [-0.05, 0) is 162 Å². The van der Waals surface area contributed by atoms with E-state index in [1.54, 1.807) is 0 Å². The molecule has 0 spiro atoms. The lowest BCUT2D eigenvalue weighted by Gasteiger charge is -2.58. The van der Waals surface area contributed by atoms with Crippen LogP contribution in [0.15, 0.2) is 23.3 Å². The SMILES string of the molecule is CC(=O)[C@H]1CC[C@H]2[C@@H]3CCC4=CC(=O)CC[C@]4(C)[C@H]3CC[C@]12C(F)F.CC(=O)[C@H]1CC[C@H]2[C@@H]3CCC4=CC(=O)CC[C@]4(C)[C@H]3CC[C@]12C(F)F. The number of allylic oxidation sites excluding steroid dienone is 2. The number of carbonyl (C=O) groups is 4. The average molecular weight is 701 g/mol. The van der Waals surface area contributed by atoms with Gasteiger partial charge in [-0.15, -0.1) is 0 Å². The van der Waals surface area contributed by atoms with Crippen LogP contribution in [0.25, 0.3) is 0 Å². The second-order valence-electron chi connectivity index (χ2n) is 18.3. The van der Waals surface area contributed by atoms with Gasteiger partial charge in [0.05, 0.1) is 0 Å². The van der Waals surface area contributed by atoms with Gasteiger partial charge in [-0.3, -0.25) is 19.2 Å². The summed E-state index contributed by atoms with van der Waals surface area (Å²) >= 11 is 0. The van der Waals surface area contributed by atoms with Crippen molar-refractivity contribution in [2.45, 2.75) is 143 Å². The molecule has 8 heteroatoms. The fourth-order valence-electron chi connectivity index (χ4n) is 14.6. The molecule has 0 aromatic heterocycles. The third kappa shape index (κ3) is 5.16. The maximum absolute atomic E-state index is 14.3. The van der Waals surface area contributed by atoms with E-state index < -0.39 is 35.5 Å². The lowest BCUT2D eigenvalue weighted by Crippen LogP contribution is -2.54. The van der Waals surface area contributed by atoms with E-state index in [0.717, 1.165) is 64.2 Å². The van der Waals surface area contributed by atoms with Gasteiger partial charge < -0.3 is 0 Å². The molecule has 12 atom stereocenters. The minimum Gasteiger partial charge on any atom is -0.300 e. The van der Waals surface area contributed by atoms with Crippen molar-refractivity contribution in [2.24, 2.45) is 69.0 Å². The largest absolute Gasteiger partial charge is 0.300 e. The number of halogens is 4. The maximum Gasteiger partial charge on any atom is 0.245 e. The summed E-state index contributed by atoms with van der Waals surface area (Å²) in [6.07, 6.45) is 10.6. The zero-order chi connectivity index (χ0) is 36.0. The average Bonchev–Trinajstić information content (AvgIpc) is 3.67. The fourth-order valence-corrected chi connectivity index (χ4v) is 14.6. The number of alkyl halides is 4. The van der Waals surface area contributed by atoms with E-state index in [2.05, 4.69) is 13.8 Å². The van der Waals surface area contributed by atoms with Gasteiger partial charge in [-0.25, -0.2) is 17.6 Å². The Balaban J connectivity index is 0.000000157. The van der Waals surface area contributed by atoms with Crippen LogP contribution in [0.5, 0.6) is 0 Å². The van der Waals surface area contributed by atoms with E-state index in [9.17, 15) is 36.7 Å².